The second kappa shape index (κ2) is 8.22. The molecule has 2 aromatic carbocycles. The molecule has 0 saturated heterocycles. The van der Waals surface area contributed by atoms with Gasteiger partial charge in [-0.25, -0.2) is 0 Å². The highest BCUT2D eigenvalue weighted by atomic mass is 32.1. The molecular formula is C28H30N2O3S. The fourth-order valence-electron chi connectivity index (χ4n) is 5.01. The number of hydrogen-bond donors (Lipinski definition) is 2. The predicted octanol–water partition coefficient (Wildman–Crippen LogP) is 6.69. The van der Waals surface area contributed by atoms with Crippen LogP contribution in [0.5, 0.6) is 17.2 Å². The molecule has 2 N–H and O–H groups in total. The Morgan fingerprint density at radius 3 is 2.65 bits per heavy atom. The summed E-state index contributed by atoms with van der Waals surface area (Å²) in [5, 5.41) is 16.3. The van der Waals surface area contributed by atoms with Crippen molar-refractivity contribution in [3.05, 3.63) is 63.4 Å². The first kappa shape index (κ1) is 22.6. The molecule has 6 heteroatoms. The van der Waals surface area contributed by atoms with Crippen molar-refractivity contribution in [2.45, 2.75) is 32.9 Å². The van der Waals surface area contributed by atoms with Crippen LogP contribution in [0.4, 0.5) is 5.69 Å². The van der Waals surface area contributed by atoms with Crippen LogP contribution < -0.4 is 14.8 Å². The number of methoxy groups -OCH3 is 1. The van der Waals surface area contributed by atoms with E-state index in [1.54, 1.807) is 24.5 Å². The van der Waals surface area contributed by atoms with Gasteiger partial charge < -0.3 is 24.8 Å². The van der Waals surface area contributed by atoms with Crippen molar-refractivity contribution >= 4 is 34.4 Å². The van der Waals surface area contributed by atoms with Crippen LogP contribution in [0.3, 0.4) is 0 Å². The van der Waals surface area contributed by atoms with Crippen molar-refractivity contribution in [1.82, 2.24) is 4.90 Å². The van der Waals surface area contributed by atoms with Gasteiger partial charge >= 0.3 is 0 Å². The normalized spacial score (nSPS) is 16.8. The van der Waals surface area contributed by atoms with Gasteiger partial charge in [-0.2, -0.15) is 0 Å². The molecule has 3 heterocycles. The van der Waals surface area contributed by atoms with Crippen LogP contribution in [-0.4, -0.2) is 36.8 Å². The van der Waals surface area contributed by atoms with E-state index in [1.165, 1.54) is 16.0 Å². The van der Waals surface area contributed by atoms with E-state index in [4.69, 9.17) is 9.47 Å². The van der Waals surface area contributed by atoms with Gasteiger partial charge in [-0.3, -0.25) is 0 Å². The molecule has 0 amide bonds. The van der Waals surface area contributed by atoms with E-state index < -0.39 is 0 Å². The van der Waals surface area contributed by atoms with Gasteiger partial charge in [0.1, 0.15) is 11.5 Å². The Morgan fingerprint density at radius 2 is 1.91 bits per heavy atom. The summed E-state index contributed by atoms with van der Waals surface area (Å²) in [6.07, 6.45) is 4.41. The van der Waals surface area contributed by atoms with E-state index in [0.717, 1.165) is 40.2 Å². The number of nitrogens with zero attached hydrogens (tertiary/aromatic N) is 1. The average Bonchev–Trinajstić information content (AvgIpc) is 3.18. The van der Waals surface area contributed by atoms with Crippen LogP contribution in [0.25, 0.3) is 28.5 Å². The quantitative estimate of drug-likeness (QED) is 0.441. The summed E-state index contributed by atoms with van der Waals surface area (Å²) in [5.74, 6) is 1.99. The first-order valence-electron chi connectivity index (χ1n) is 11.3. The zero-order valence-electron chi connectivity index (χ0n) is 20.4. The molecule has 0 atom stereocenters. The molecule has 34 heavy (non-hydrogen) atoms. The molecule has 2 aliphatic heterocycles. The van der Waals surface area contributed by atoms with Crippen molar-refractivity contribution < 1.29 is 14.6 Å². The highest BCUT2D eigenvalue weighted by Gasteiger charge is 2.33. The van der Waals surface area contributed by atoms with Crippen molar-refractivity contribution in [3.8, 4) is 28.4 Å². The summed E-state index contributed by atoms with van der Waals surface area (Å²) in [6.45, 7) is 7.34. The van der Waals surface area contributed by atoms with Crippen molar-refractivity contribution in [1.29, 1.82) is 0 Å². The summed E-state index contributed by atoms with van der Waals surface area (Å²) in [5.41, 5.74) is 7.25. The number of allylic oxidation sites excluding steroid dienone is 1. The third-order valence-electron chi connectivity index (χ3n) is 6.20. The second-order valence-electron chi connectivity index (χ2n) is 9.73. The zero-order valence-corrected chi connectivity index (χ0v) is 21.3. The van der Waals surface area contributed by atoms with Crippen LogP contribution >= 0.6 is 11.3 Å². The summed E-state index contributed by atoms with van der Waals surface area (Å²) < 4.78 is 12.2. The lowest BCUT2D eigenvalue weighted by atomic mass is 9.83. The Hall–Kier alpha value is -3.22. The Balaban J connectivity index is 1.80. The molecule has 0 radical (unpaired) electrons. The van der Waals surface area contributed by atoms with Gasteiger partial charge in [0, 0.05) is 33.8 Å². The minimum Gasteiger partial charge on any atom is -0.504 e. The topological polar surface area (TPSA) is 54.0 Å². The Kier molecular flexibility index (Phi) is 5.46. The number of anilines is 1. The maximum Gasteiger partial charge on any atom is 0.172 e. The van der Waals surface area contributed by atoms with Gasteiger partial charge in [-0.05, 0) is 81.7 Å². The molecule has 3 aromatic rings. The minimum atomic E-state index is -0.148. The Morgan fingerprint density at radius 1 is 1.12 bits per heavy atom. The number of fused-ring (bicyclic) bond motifs is 5. The number of hydrogen-bond acceptors (Lipinski definition) is 6. The molecule has 176 valence electrons. The monoisotopic (exact) mass is 474 g/mol. The first-order valence-corrected chi connectivity index (χ1v) is 12.2. The fourth-order valence-corrected chi connectivity index (χ4v) is 5.85. The van der Waals surface area contributed by atoms with Crippen LogP contribution in [0, 0.1) is 0 Å². The number of phenolic OH excluding ortho intramolecular Hbond substituents is 1. The van der Waals surface area contributed by atoms with Gasteiger partial charge in [-0.1, -0.05) is 12.1 Å². The summed E-state index contributed by atoms with van der Waals surface area (Å²) in [6, 6.07) is 9.82. The maximum absolute atomic E-state index is 10.5. The number of thiophene rings is 1. The van der Waals surface area contributed by atoms with Crippen LogP contribution in [0.2, 0.25) is 0 Å². The number of benzene rings is 2. The van der Waals surface area contributed by atoms with E-state index in [2.05, 4.69) is 80.8 Å². The van der Waals surface area contributed by atoms with Gasteiger partial charge in [0.2, 0.25) is 0 Å². The third kappa shape index (κ3) is 3.77. The Bertz CT molecular complexity index is 1350. The molecule has 5 nitrogen and oxygen atoms in total. The molecule has 5 rings (SSSR count). The number of aromatic hydroxyl groups is 1. The molecule has 0 unspecified atom stereocenters. The lowest BCUT2D eigenvalue weighted by Gasteiger charge is -2.35. The zero-order chi connectivity index (χ0) is 24.2. The summed E-state index contributed by atoms with van der Waals surface area (Å²) in [7, 11) is 5.73. The summed E-state index contributed by atoms with van der Waals surface area (Å²) in [4.78, 5) is 3.34. The molecule has 0 saturated carbocycles. The molecule has 0 aliphatic carbocycles. The predicted molar refractivity (Wildman–Crippen MR) is 142 cm³/mol. The number of rotatable bonds is 4. The van der Waals surface area contributed by atoms with Crippen LogP contribution in [-0.2, 0) is 6.54 Å². The van der Waals surface area contributed by atoms with Gasteiger partial charge in [0.25, 0.3) is 0 Å². The molecule has 2 aliphatic rings. The Labute approximate surface area is 205 Å². The number of nitrogens with one attached hydrogen (secondary N) is 1. The first-order chi connectivity index (χ1) is 16.2. The lowest BCUT2D eigenvalue weighted by molar-refractivity contribution is 0.371. The van der Waals surface area contributed by atoms with E-state index in [0.29, 0.717) is 11.5 Å². The third-order valence-corrected chi connectivity index (χ3v) is 7.11. The van der Waals surface area contributed by atoms with E-state index in [1.807, 2.05) is 6.07 Å². The maximum atomic E-state index is 10.5. The fraction of sp³-hybridized carbons (Fsp3) is 0.286. The smallest absolute Gasteiger partial charge is 0.172 e. The van der Waals surface area contributed by atoms with E-state index in [-0.39, 0.29) is 11.3 Å². The van der Waals surface area contributed by atoms with Gasteiger partial charge in [-0.15, -0.1) is 11.3 Å². The van der Waals surface area contributed by atoms with Crippen LogP contribution in [0.15, 0.2) is 41.8 Å². The van der Waals surface area contributed by atoms with Crippen molar-refractivity contribution in [3.63, 3.8) is 0 Å². The number of ether oxygens (including phenoxy) is 2. The van der Waals surface area contributed by atoms with Gasteiger partial charge in [0.15, 0.2) is 11.5 Å². The van der Waals surface area contributed by atoms with E-state index in [9.17, 15) is 5.11 Å². The molecule has 0 spiro atoms. The standard InChI is InChI=1S/C28H30N2O3S/c1-16-14-28(2,3)29-19-8-7-18-25(24(16)19)22(13-23-17(11-12-34-23)15-30(4)5)33-21-10-9-20(31)27(32-6)26(18)21/h7-14,29,31H,15H2,1-6H3. The average molecular weight is 475 g/mol. The van der Waals surface area contributed by atoms with Crippen LogP contribution in [0.1, 0.15) is 42.3 Å². The van der Waals surface area contributed by atoms with Gasteiger partial charge in [0.05, 0.1) is 18.2 Å². The molecule has 0 bridgehead atoms. The van der Waals surface area contributed by atoms with Crippen molar-refractivity contribution in [2.24, 2.45) is 0 Å². The van der Waals surface area contributed by atoms with Crippen molar-refractivity contribution in [2.75, 3.05) is 26.5 Å². The second-order valence-corrected chi connectivity index (χ2v) is 10.7. The molecule has 1 aromatic heterocycles. The highest BCUT2D eigenvalue weighted by molar-refractivity contribution is 7.11. The molecule has 0 fully saturated rings. The number of phenols is 1. The van der Waals surface area contributed by atoms with E-state index >= 15 is 0 Å². The highest BCUT2D eigenvalue weighted by Crippen LogP contribution is 2.54. The molecular weight excluding hydrogens is 444 g/mol. The lowest BCUT2D eigenvalue weighted by Crippen LogP contribution is -2.32. The SMILES string of the molecule is COc1c(O)ccc2c1-c1ccc3c(c1C(=Cc1sccc1CN(C)C)O2)C(C)=CC(C)(C)N3. The largest absolute Gasteiger partial charge is 0.504 e. The minimum absolute atomic E-state index is 0.0963. The summed E-state index contributed by atoms with van der Waals surface area (Å²) >= 11 is 1.71.